The minimum atomic E-state index is -0.0586. The third kappa shape index (κ3) is 3.90. The van der Waals surface area contributed by atoms with Gasteiger partial charge in [0.05, 0.1) is 6.61 Å². The van der Waals surface area contributed by atoms with Gasteiger partial charge in [0, 0.05) is 39.0 Å². The van der Waals surface area contributed by atoms with Gasteiger partial charge in [0.2, 0.25) is 5.91 Å². The van der Waals surface area contributed by atoms with Crippen LogP contribution in [0.1, 0.15) is 6.92 Å². The molecule has 1 amide bonds. The number of hydrogen-bond donors (Lipinski definition) is 1. The van der Waals surface area contributed by atoms with E-state index >= 15 is 0 Å². The van der Waals surface area contributed by atoms with Gasteiger partial charge in [-0.2, -0.15) is 0 Å². The fraction of sp³-hybridized carbons (Fsp3) is 0.417. The Kier molecular flexibility index (Phi) is 4.79. The highest BCUT2D eigenvalue weighted by Crippen LogP contribution is 2.18. The zero-order valence-electron chi connectivity index (χ0n) is 9.99. The molecule has 0 spiro atoms. The van der Waals surface area contributed by atoms with Crippen LogP contribution in [0.2, 0.25) is 0 Å². The summed E-state index contributed by atoms with van der Waals surface area (Å²) in [7, 11) is 3.67. The lowest BCUT2D eigenvalue weighted by Crippen LogP contribution is -2.22. The number of hydrogen-bond acceptors (Lipinski definition) is 3. The normalized spacial score (nSPS) is 9.94. The Morgan fingerprint density at radius 3 is 2.88 bits per heavy atom. The van der Waals surface area contributed by atoms with Crippen LogP contribution in [0.5, 0.6) is 0 Å². The third-order valence-electron chi connectivity index (χ3n) is 2.24. The maximum atomic E-state index is 10.9. The average Bonchev–Trinajstić information content (AvgIpc) is 2.25. The molecular formula is C12H18N2O2. The van der Waals surface area contributed by atoms with E-state index < -0.39 is 0 Å². The molecule has 16 heavy (non-hydrogen) atoms. The van der Waals surface area contributed by atoms with Gasteiger partial charge in [-0.3, -0.25) is 4.79 Å². The Bertz CT molecular complexity index is 353. The van der Waals surface area contributed by atoms with Crippen LogP contribution < -0.4 is 10.2 Å². The lowest BCUT2D eigenvalue weighted by atomic mass is 10.2. The van der Waals surface area contributed by atoms with E-state index in [1.165, 1.54) is 6.92 Å². The number of rotatable bonds is 5. The molecule has 0 aromatic heterocycles. The monoisotopic (exact) mass is 222 g/mol. The summed E-state index contributed by atoms with van der Waals surface area (Å²) < 4.78 is 5.02. The minimum Gasteiger partial charge on any atom is -0.383 e. The lowest BCUT2D eigenvalue weighted by Gasteiger charge is -2.19. The predicted octanol–water partition coefficient (Wildman–Crippen LogP) is 1.73. The van der Waals surface area contributed by atoms with E-state index in [-0.39, 0.29) is 5.91 Å². The highest BCUT2D eigenvalue weighted by atomic mass is 16.5. The second-order valence-corrected chi connectivity index (χ2v) is 3.65. The summed E-state index contributed by atoms with van der Waals surface area (Å²) in [6.07, 6.45) is 0. The number of nitrogens with one attached hydrogen (secondary N) is 1. The molecule has 0 radical (unpaired) electrons. The molecule has 1 N–H and O–H groups in total. The van der Waals surface area contributed by atoms with E-state index in [0.717, 1.165) is 17.9 Å². The first-order valence-corrected chi connectivity index (χ1v) is 5.21. The van der Waals surface area contributed by atoms with Gasteiger partial charge in [-0.25, -0.2) is 0 Å². The number of carbonyl (C=O) groups excluding carboxylic acids is 1. The van der Waals surface area contributed by atoms with E-state index in [2.05, 4.69) is 10.2 Å². The van der Waals surface area contributed by atoms with Gasteiger partial charge < -0.3 is 15.0 Å². The van der Waals surface area contributed by atoms with Crippen molar-refractivity contribution in [2.24, 2.45) is 0 Å². The topological polar surface area (TPSA) is 41.6 Å². The Balaban J connectivity index is 2.69. The first-order valence-electron chi connectivity index (χ1n) is 5.21. The number of ether oxygens (including phenoxy) is 1. The zero-order valence-corrected chi connectivity index (χ0v) is 9.99. The minimum absolute atomic E-state index is 0.0586. The number of amides is 1. The third-order valence-corrected chi connectivity index (χ3v) is 2.24. The first-order chi connectivity index (χ1) is 7.63. The predicted molar refractivity (Wildman–Crippen MR) is 65.9 cm³/mol. The molecule has 88 valence electrons. The van der Waals surface area contributed by atoms with Crippen LogP contribution in [0.4, 0.5) is 11.4 Å². The summed E-state index contributed by atoms with van der Waals surface area (Å²) in [5.41, 5.74) is 1.87. The van der Waals surface area contributed by atoms with E-state index in [4.69, 9.17) is 4.74 Å². The maximum absolute atomic E-state index is 10.9. The number of methoxy groups -OCH3 is 1. The Morgan fingerprint density at radius 2 is 2.25 bits per heavy atom. The fourth-order valence-electron chi connectivity index (χ4n) is 1.38. The highest BCUT2D eigenvalue weighted by Gasteiger charge is 2.02. The van der Waals surface area contributed by atoms with Gasteiger partial charge in [0.1, 0.15) is 0 Å². The van der Waals surface area contributed by atoms with Gasteiger partial charge >= 0.3 is 0 Å². The molecule has 4 nitrogen and oxygen atoms in total. The molecule has 0 unspecified atom stereocenters. The summed E-state index contributed by atoms with van der Waals surface area (Å²) >= 11 is 0. The second kappa shape index (κ2) is 6.12. The molecule has 4 heteroatoms. The summed E-state index contributed by atoms with van der Waals surface area (Å²) in [5, 5.41) is 2.76. The van der Waals surface area contributed by atoms with Crippen LogP contribution >= 0.6 is 0 Å². The number of likely N-dealkylation sites (N-methyl/N-ethyl adjacent to an activating group) is 1. The lowest BCUT2D eigenvalue weighted by molar-refractivity contribution is -0.114. The standard InChI is InChI=1S/C12H18N2O2/c1-10(15)13-11-5-4-6-12(9-11)14(2)7-8-16-3/h4-6,9H,7-8H2,1-3H3,(H,13,15). The number of nitrogens with zero attached hydrogens (tertiary/aromatic N) is 1. The SMILES string of the molecule is COCCN(C)c1cccc(NC(C)=O)c1. The fourth-order valence-corrected chi connectivity index (χ4v) is 1.38. The number of benzene rings is 1. The smallest absolute Gasteiger partial charge is 0.221 e. The van der Waals surface area contributed by atoms with Crippen molar-refractivity contribution in [1.29, 1.82) is 0 Å². The van der Waals surface area contributed by atoms with Crippen molar-refractivity contribution in [2.45, 2.75) is 6.92 Å². The van der Waals surface area contributed by atoms with Crippen LogP contribution in [0, 0.1) is 0 Å². The number of anilines is 2. The van der Waals surface area contributed by atoms with Gasteiger partial charge in [0.25, 0.3) is 0 Å². The van der Waals surface area contributed by atoms with Crippen molar-refractivity contribution in [3.05, 3.63) is 24.3 Å². The molecule has 0 fully saturated rings. The molecule has 0 heterocycles. The van der Waals surface area contributed by atoms with Crippen molar-refractivity contribution in [3.63, 3.8) is 0 Å². The van der Waals surface area contributed by atoms with E-state index in [9.17, 15) is 4.79 Å². The molecule has 0 saturated carbocycles. The van der Waals surface area contributed by atoms with Crippen molar-refractivity contribution < 1.29 is 9.53 Å². The van der Waals surface area contributed by atoms with Crippen LogP contribution in [-0.4, -0.2) is 33.2 Å². The largest absolute Gasteiger partial charge is 0.383 e. The number of carbonyl (C=O) groups is 1. The van der Waals surface area contributed by atoms with Crippen LogP contribution in [0.15, 0.2) is 24.3 Å². The Labute approximate surface area is 96.2 Å². The molecule has 1 rings (SSSR count). The van der Waals surface area contributed by atoms with Gasteiger partial charge in [0.15, 0.2) is 0 Å². The van der Waals surface area contributed by atoms with Crippen molar-refractivity contribution in [1.82, 2.24) is 0 Å². The van der Waals surface area contributed by atoms with E-state index in [1.54, 1.807) is 7.11 Å². The van der Waals surface area contributed by atoms with Crippen LogP contribution in [-0.2, 0) is 9.53 Å². The molecule has 0 aliphatic rings. The van der Waals surface area contributed by atoms with E-state index in [0.29, 0.717) is 6.61 Å². The molecular weight excluding hydrogens is 204 g/mol. The van der Waals surface area contributed by atoms with Crippen molar-refractivity contribution in [2.75, 3.05) is 37.5 Å². The van der Waals surface area contributed by atoms with E-state index in [1.807, 2.05) is 31.3 Å². The second-order valence-electron chi connectivity index (χ2n) is 3.65. The summed E-state index contributed by atoms with van der Waals surface area (Å²) in [6, 6.07) is 7.73. The average molecular weight is 222 g/mol. The van der Waals surface area contributed by atoms with Gasteiger partial charge in [-0.1, -0.05) is 6.07 Å². The summed E-state index contributed by atoms with van der Waals surface area (Å²) in [5.74, 6) is -0.0586. The molecule has 1 aromatic carbocycles. The molecule has 0 aliphatic carbocycles. The van der Waals surface area contributed by atoms with Crippen LogP contribution in [0.3, 0.4) is 0 Å². The molecule has 0 saturated heterocycles. The Morgan fingerprint density at radius 1 is 1.50 bits per heavy atom. The summed E-state index contributed by atoms with van der Waals surface area (Å²) in [6.45, 7) is 3.00. The van der Waals surface area contributed by atoms with Crippen molar-refractivity contribution >= 4 is 17.3 Å². The summed E-state index contributed by atoms with van der Waals surface area (Å²) in [4.78, 5) is 13.0. The van der Waals surface area contributed by atoms with Crippen LogP contribution in [0.25, 0.3) is 0 Å². The maximum Gasteiger partial charge on any atom is 0.221 e. The highest BCUT2D eigenvalue weighted by molar-refractivity contribution is 5.89. The van der Waals surface area contributed by atoms with Gasteiger partial charge in [-0.15, -0.1) is 0 Å². The first kappa shape index (κ1) is 12.5. The van der Waals surface area contributed by atoms with Crippen molar-refractivity contribution in [3.8, 4) is 0 Å². The quantitative estimate of drug-likeness (QED) is 0.825. The van der Waals surface area contributed by atoms with Gasteiger partial charge in [-0.05, 0) is 18.2 Å². The molecule has 0 bridgehead atoms. The molecule has 1 aromatic rings. The molecule has 0 aliphatic heterocycles. The molecule has 0 atom stereocenters. The Hall–Kier alpha value is -1.55. The zero-order chi connectivity index (χ0) is 12.0.